The molecule has 0 saturated carbocycles. The van der Waals surface area contributed by atoms with Crippen LogP contribution in [-0.4, -0.2) is 82.2 Å². The number of hydrogen-bond acceptors (Lipinski definition) is 7. The minimum absolute atomic E-state index is 0.0132. The minimum Gasteiger partial charge on any atom is -0.480 e. The van der Waals surface area contributed by atoms with Gasteiger partial charge in [0.1, 0.15) is 18.1 Å². The molecule has 220 valence electrons. The van der Waals surface area contributed by atoms with Gasteiger partial charge in [-0.1, -0.05) is 32.0 Å². The number of fused-ring (bicyclic) bond motifs is 1. The first-order valence-corrected chi connectivity index (χ1v) is 13.0. The maximum absolute atomic E-state index is 13.3. The molecular formula is C26H40N8O6. The molecule has 4 unspecified atom stereocenters. The van der Waals surface area contributed by atoms with Crippen LogP contribution in [-0.2, 0) is 25.6 Å². The molecule has 0 aliphatic rings. The van der Waals surface area contributed by atoms with Crippen molar-refractivity contribution >= 4 is 40.6 Å². The molecule has 0 fully saturated rings. The van der Waals surface area contributed by atoms with Crippen LogP contribution in [0.15, 0.2) is 35.5 Å². The Labute approximate surface area is 232 Å². The van der Waals surface area contributed by atoms with Gasteiger partial charge in [0.25, 0.3) is 0 Å². The zero-order valence-electron chi connectivity index (χ0n) is 22.7. The molecule has 0 aliphatic heterocycles. The van der Waals surface area contributed by atoms with Crippen molar-refractivity contribution in [3.8, 4) is 0 Å². The van der Waals surface area contributed by atoms with Crippen molar-refractivity contribution < 1.29 is 29.4 Å². The molecule has 0 aliphatic carbocycles. The number of H-pyrrole nitrogens is 1. The summed E-state index contributed by atoms with van der Waals surface area (Å²) in [6.45, 7) is 3.16. The molecule has 14 nitrogen and oxygen atoms in total. The van der Waals surface area contributed by atoms with Crippen LogP contribution in [0.25, 0.3) is 10.9 Å². The number of aromatic amines is 1. The van der Waals surface area contributed by atoms with Gasteiger partial charge < -0.3 is 48.3 Å². The smallest absolute Gasteiger partial charge is 0.326 e. The summed E-state index contributed by atoms with van der Waals surface area (Å²) in [4.78, 5) is 57.6. The number of aliphatic carboxylic acids is 1. The van der Waals surface area contributed by atoms with E-state index in [2.05, 4.69) is 25.9 Å². The number of carboxylic acids is 1. The molecule has 1 aromatic carbocycles. The molecule has 1 aromatic heterocycles. The van der Waals surface area contributed by atoms with E-state index in [1.54, 1.807) is 6.20 Å². The fourth-order valence-corrected chi connectivity index (χ4v) is 4.09. The number of nitrogens with zero attached hydrogens (tertiary/aromatic N) is 1. The summed E-state index contributed by atoms with van der Waals surface area (Å²) in [6, 6.07) is 2.61. The lowest BCUT2D eigenvalue weighted by molar-refractivity contribution is -0.142. The third-order valence-electron chi connectivity index (χ3n) is 6.17. The lowest BCUT2D eigenvalue weighted by Gasteiger charge is -2.25. The molecule has 0 radical (unpaired) electrons. The first kappa shape index (κ1) is 32.0. The van der Waals surface area contributed by atoms with Crippen LogP contribution in [0.1, 0.15) is 38.7 Å². The number of rotatable bonds is 16. The molecule has 2 rings (SSSR count). The third-order valence-corrected chi connectivity index (χ3v) is 6.17. The van der Waals surface area contributed by atoms with Crippen LogP contribution in [0.4, 0.5) is 0 Å². The molecule has 2 aromatic rings. The molecule has 3 amide bonds. The van der Waals surface area contributed by atoms with E-state index >= 15 is 0 Å². The van der Waals surface area contributed by atoms with E-state index in [1.807, 2.05) is 38.1 Å². The number of nitrogens with one attached hydrogen (secondary N) is 4. The van der Waals surface area contributed by atoms with Gasteiger partial charge in [0, 0.05) is 30.1 Å². The fraction of sp³-hybridized carbons (Fsp3) is 0.500. The Morgan fingerprint density at radius 3 is 2.23 bits per heavy atom. The lowest BCUT2D eigenvalue weighted by Crippen LogP contribution is -2.58. The number of nitrogens with two attached hydrogens (primary N) is 3. The summed E-state index contributed by atoms with van der Waals surface area (Å²) in [5.41, 5.74) is 18.0. The summed E-state index contributed by atoms with van der Waals surface area (Å²) in [6.07, 6.45) is 2.54. The van der Waals surface area contributed by atoms with Crippen molar-refractivity contribution in [1.82, 2.24) is 20.9 Å². The van der Waals surface area contributed by atoms with E-state index in [0.29, 0.717) is 12.0 Å². The van der Waals surface area contributed by atoms with E-state index in [-0.39, 0.29) is 37.7 Å². The number of carbonyl (C=O) groups is 4. The van der Waals surface area contributed by atoms with Crippen LogP contribution < -0.4 is 33.2 Å². The van der Waals surface area contributed by atoms with E-state index in [0.717, 1.165) is 10.9 Å². The quantitative estimate of drug-likeness (QED) is 0.0669. The number of aliphatic imine (C=N–C) groups is 1. The molecule has 0 bridgehead atoms. The molecule has 14 heteroatoms. The summed E-state index contributed by atoms with van der Waals surface area (Å²) >= 11 is 0. The lowest BCUT2D eigenvalue weighted by atomic mass is 10.0. The standard InChI is InChI=1S/C26H40N8O6/c1-14(2)10-20(25(39)40)33-23(37)19(11-15-12-31-18-8-4-3-6-16(15)18)32-24(38)21(13-35)34-22(36)17(27)7-5-9-30-26(28)29/h3-4,6,8,12,14,17,19-21,31,35H,5,7,9-11,13,27H2,1-2H3,(H,32,38)(H,33,37)(H,34,36)(H,39,40)(H4,28,29,30). The van der Waals surface area contributed by atoms with E-state index in [9.17, 15) is 29.4 Å². The molecular weight excluding hydrogens is 520 g/mol. The number of benzene rings is 1. The second-order valence-corrected chi connectivity index (χ2v) is 9.95. The van der Waals surface area contributed by atoms with E-state index in [1.165, 1.54) is 0 Å². The maximum atomic E-state index is 13.3. The molecule has 4 atom stereocenters. The van der Waals surface area contributed by atoms with Crippen molar-refractivity contribution in [3.05, 3.63) is 36.0 Å². The highest BCUT2D eigenvalue weighted by Crippen LogP contribution is 2.19. The molecule has 12 N–H and O–H groups in total. The summed E-state index contributed by atoms with van der Waals surface area (Å²) < 4.78 is 0. The number of hydrogen-bond donors (Lipinski definition) is 9. The SMILES string of the molecule is CC(C)CC(NC(=O)C(Cc1c[nH]c2ccccc12)NC(=O)C(CO)NC(=O)C(N)CCCN=C(N)N)C(=O)O. The number of aliphatic hydroxyl groups excluding tert-OH is 1. The first-order chi connectivity index (χ1) is 18.9. The molecule has 0 saturated heterocycles. The van der Waals surface area contributed by atoms with Crippen LogP contribution in [0, 0.1) is 5.92 Å². The number of carbonyl (C=O) groups excluding carboxylic acids is 3. The van der Waals surface area contributed by atoms with Crippen molar-refractivity contribution in [2.45, 2.75) is 63.7 Å². The van der Waals surface area contributed by atoms with Gasteiger partial charge in [-0.15, -0.1) is 0 Å². The van der Waals surface area contributed by atoms with Crippen LogP contribution >= 0.6 is 0 Å². The van der Waals surface area contributed by atoms with Crippen molar-refractivity contribution in [2.75, 3.05) is 13.2 Å². The predicted octanol–water partition coefficient (Wildman–Crippen LogP) is -1.33. The predicted molar refractivity (Wildman–Crippen MR) is 150 cm³/mol. The Morgan fingerprint density at radius 2 is 1.60 bits per heavy atom. The Kier molecular flexibility index (Phi) is 12.4. The van der Waals surface area contributed by atoms with Gasteiger partial charge >= 0.3 is 5.97 Å². The van der Waals surface area contributed by atoms with Gasteiger partial charge in [0.05, 0.1) is 12.6 Å². The van der Waals surface area contributed by atoms with Gasteiger partial charge in [-0.3, -0.25) is 19.4 Å². The number of para-hydroxylation sites is 1. The third kappa shape index (κ3) is 9.85. The monoisotopic (exact) mass is 560 g/mol. The molecule has 1 heterocycles. The topological polar surface area (TPSA) is 251 Å². The normalized spacial score (nSPS) is 14.1. The highest BCUT2D eigenvalue weighted by atomic mass is 16.4. The highest BCUT2D eigenvalue weighted by molar-refractivity contribution is 5.95. The maximum Gasteiger partial charge on any atom is 0.326 e. The highest BCUT2D eigenvalue weighted by Gasteiger charge is 2.31. The van der Waals surface area contributed by atoms with E-state index in [4.69, 9.17) is 17.2 Å². The second kappa shape index (κ2) is 15.4. The van der Waals surface area contributed by atoms with Crippen molar-refractivity contribution in [1.29, 1.82) is 0 Å². The summed E-state index contributed by atoms with van der Waals surface area (Å²) in [5.74, 6) is -3.53. The summed E-state index contributed by atoms with van der Waals surface area (Å²) in [7, 11) is 0. The van der Waals surface area contributed by atoms with Gasteiger partial charge in [0.15, 0.2) is 5.96 Å². The van der Waals surface area contributed by atoms with Crippen LogP contribution in [0.3, 0.4) is 0 Å². The van der Waals surface area contributed by atoms with Crippen molar-refractivity contribution in [3.63, 3.8) is 0 Å². The first-order valence-electron chi connectivity index (χ1n) is 13.0. The average Bonchev–Trinajstić information content (AvgIpc) is 3.30. The zero-order chi connectivity index (χ0) is 29.8. The van der Waals surface area contributed by atoms with Gasteiger partial charge in [-0.2, -0.15) is 0 Å². The Balaban J connectivity index is 2.18. The second-order valence-electron chi connectivity index (χ2n) is 9.95. The fourth-order valence-electron chi connectivity index (χ4n) is 4.09. The Hall–Kier alpha value is -4.17. The van der Waals surface area contributed by atoms with Gasteiger partial charge in [0.2, 0.25) is 17.7 Å². The number of guanidine groups is 1. The summed E-state index contributed by atoms with van der Waals surface area (Å²) in [5, 5.41) is 27.7. The van der Waals surface area contributed by atoms with Gasteiger partial charge in [-0.05, 0) is 36.8 Å². The average molecular weight is 561 g/mol. The van der Waals surface area contributed by atoms with Crippen molar-refractivity contribution in [2.24, 2.45) is 28.1 Å². The van der Waals surface area contributed by atoms with Crippen LogP contribution in [0.5, 0.6) is 0 Å². The van der Waals surface area contributed by atoms with E-state index < -0.39 is 54.5 Å². The number of amides is 3. The number of aliphatic hydroxyl groups is 1. The molecule has 0 spiro atoms. The minimum atomic E-state index is -1.40. The van der Waals surface area contributed by atoms with Gasteiger partial charge in [-0.25, -0.2) is 4.79 Å². The Morgan fingerprint density at radius 1 is 0.975 bits per heavy atom. The number of aromatic nitrogens is 1. The largest absolute Gasteiger partial charge is 0.480 e. The Bertz CT molecular complexity index is 1190. The zero-order valence-corrected chi connectivity index (χ0v) is 22.7. The van der Waals surface area contributed by atoms with Crippen LogP contribution in [0.2, 0.25) is 0 Å². The number of carboxylic acid groups (broad SMARTS) is 1. The molecule has 40 heavy (non-hydrogen) atoms.